The largest absolute Gasteiger partial charge is 0.354 e. The van der Waals surface area contributed by atoms with Gasteiger partial charge in [-0.25, -0.2) is 8.42 Å². The topological polar surface area (TPSA) is 86.8 Å². The molecule has 0 bridgehead atoms. The predicted molar refractivity (Wildman–Crippen MR) is 155 cm³/mol. The number of aryl methyl sites for hydroxylation is 1. The Hall–Kier alpha value is -2.88. The van der Waals surface area contributed by atoms with Crippen LogP contribution in [0.1, 0.15) is 31.4 Å². The predicted octanol–water partition coefficient (Wildman–Crippen LogP) is 5.55. The first-order chi connectivity index (χ1) is 18.0. The third-order valence-electron chi connectivity index (χ3n) is 5.96. The average molecular weight is 621 g/mol. The lowest BCUT2D eigenvalue weighted by molar-refractivity contribution is -0.139. The molecule has 7 nitrogen and oxygen atoms in total. The first kappa shape index (κ1) is 29.7. The van der Waals surface area contributed by atoms with Crippen molar-refractivity contribution in [1.29, 1.82) is 0 Å². The number of anilines is 1. The zero-order valence-corrected chi connectivity index (χ0v) is 24.7. The summed E-state index contributed by atoms with van der Waals surface area (Å²) >= 11 is 9.42. The number of amides is 2. The van der Waals surface area contributed by atoms with Crippen molar-refractivity contribution in [3.8, 4) is 0 Å². The summed E-state index contributed by atoms with van der Waals surface area (Å²) in [6.07, 6.45) is 0.749. The van der Waals surface area contributed by atoms with Crippen LogP contribution in [0.4, 0.5) is 5.69 Å². The van der Waals surface area contributed by atoms with Crippen LogP contribution in [-0.4, -0.2) is 44.3 Å². The van der Waals surface area contributed by atoms with Crippen LogP contribution < -0.4 is 9.62 Å². The number of carbonyl (C=O) groups excluding carboxylic acids is 2. The van der Waals surface area contributed by atoms with Gasteiger partial charge < -0.3 is 10.2 Å². The second kappa shape index (κ2) is 13.3. The van der Waals surface area contributed by atoms with Gasteiger partial charge in [-0.3, -0.25) is 13.9 Å². The summed E-state index contributed by atoms with van der Waals surface area (Å²) in [4.78, 5) is 28.1. The highest BCUT2D eigenvalue weighted by atomic mass is 79.9. The van der Waals surface area contributed by atoms with Gasteiger partial charge in [-0.2, -0.15) is 0 Å². The van der Waals surface area contributed by atoms with E-state index in [1.54, 1.807) is 31.2 Å². The molecule has 10 heteroatoms. The monoisotopic (exact) mass is 619 g/mol. The Morgan fingerprint density at radius 1 is 1.03 bits per heavy atom. The number of nitrogens with one attached hydrogen (secondary N) is 1. The summed E-state index contributed by atoms with van der Waals surface area (Å²) < 4.78 is 29.4. The second-order valence-electron chi connectivity index (χ2n) is 8.92. The van der Waals surface area contributed by atoms with E-state index < -0.39 is 28.5 Å². The van der Waals surface area contributed by atoms with Crippen molar-refractivity contribution in [2.75, 3.05) is 17.4 Å². The highest BCUT2D eigenvalue weighted by Gasteiger charge is 2.32. The molecule has 0 spiro atoms. The smallest absolute Gasteiger partial charge is 0.264 e. The minimum absolute atomic E-state index is 0.00236. The highest BCUT2D eigenvalue weighted by molar-refractivity contribution is 9.10. The fourth-order valence-electron chi connectivity index (χ4n) is 3.78. The minimum atomic E-state index is -4.13. The van der Waals surface area contributed by atoms with Crippen molar-refractivity contribution in [3.05, 3.63) is 93.4 Å². The van der Waals surface area contributed by atoms with E-state index in [2.05, 4.69) is 21.2 Å². The van der Waals surface area contributed by atoms with E-state index in [-0.39, 0.29) is 17.3 Å². The van der Waals surface area contributed by atoms with Gasteiger partial charge in [0.15, 0.2) is 0 Å². The SMILES string of the molecule is CCCNC(=O)[C@@H](C)N(Cc1cccc(Br)c1)C(=O)CN(c1ccc(C)cc1)S(=O)(=O)c1ccc(Cl)cc1. The van der Waals surface area contributed by atoms with Crippen molar-refractivity contribution >= 4 is 55.1 Å². The first-order valence-electron chi connectivity index (χ1n) is 12.2. The van der Waals surface area contributed by atoms with Gasteiger partial charge >= 0.3 is 0 Å². The van der Waals surface area contributed by atoms with Crippen LogP contribution in [0, 0.1) is 6.92 Å². The molecule has 0 radical (unpaired) electrons. The Labute approximate surface area is 238 Å². The van der Waals surface area contributed by atoms with E-state index in [4.69, 9.17) is 11.6 Å². The summed E-state index contributed by atoms with van der Waals surface area (Å²) in [5.41, 5.74) is 2.08. The van der Waals surface area contributed by atoms with Crippen molar-refractivity contribution in [2.45, 2.75) is 44.7 Å². The molecule has 1 N–H and O–H groups in total. The third-order valence-corrected chi connectivity index (χ3v) is 8.49. The van der Waals surface area contributed by atoms with Crippen molar-refractivity contribution < 1.29 is 18.0 Å². The maximum Gasteiger partial charge on any atom is 0.264 e. The van der Waals surface area contributed by atoms with Gasteiger partial charge in [0.25, 0.3) is 10.0 Å². The van der Waals surface area contributed by atoms with Crippen LogP contribution in [0.3, 0.4) is 0 Å². The Bertz CT molecular complexity index is 1370. The zero-order valence-electron chi connectivity index (χ0n) is 21.5. The Morgan fingerprint density at radius 3 is 2.29 bits per heavy atom. The van der Waals surface area contributed by atoms with Crippen LogP contribution in [-0.2, 0) is 26.2 Å². The number of hydrogen-bond acceptors (Lipinski definition) is 4. The molecule has 0 unspecified atom stereocenters. The maximum absolute atomic E-state index is 13.8. The summed E-state index contributed by atoms with van der Waals surface area (Å²) in [7, 11) is -4.13. The van der Waals surface area contributed by atoms with Crippen LogP contribution in [0.25, 0.3) is 0 Å². The highest BCUT2D eigenvalue weighted by Crippen LogP contribution is 2.26. The lowest BCUT2D eigenvalue weighted by atomic mass is 10.1. The number of benzene rings is 3. The molecule has 2 amide bonds. The zero-order chi connectivity index (χ0) is 27.9. The van der Waals surface area contributed by atoms with Gasteiger partial charge in [-0.15, -0.1) is 0 Å². The maximum atomic E-state index is 13.8. The van der Waals surface area contributed by atoms with Crippen molar-refractivity contribution in [3.63, 3.8) is 0 Å². The molecular weight excluding hydrogens is 590 g/mol. The van der Waals surface area contributed by atoms with E-state index in [0.717, 1.165) is 26.3 Å². The van der Waals surface area contributed by atoms with E-state index >= 15 is 0 Å². The van der Waals surface area contributed by atoms with E-state index in [1.165, 1.54) is 29.2 Å². The van der Waals surface area contributed by atoms with Gasteiger partial charge in [0.1, 0.15) is 12.6 Å². The molecule has 3 rings (SSSR count). The summed E-state index contributed by atoms with van der Waals surface area (Å²) in [6, 6.07) is 19.3. The van der Waals surface area contributed by atoms with Gasteiger partial charge in [0, 0.05) is 22.6 Å². The standard InChI is InChI=1S/C28H31BrClN3O4S/c1-4-16-31-28(35)21(3)32(18-22-6-5-7-23(29)17-22)27(34)19-33(25-12-8-20(2)9-13-25)38(36,37)26-14-10-24(30)11-15-26/h5-15,17,21H,4,16,18-19H2,1-3H3,(H,31,35)/t21-/m1/s1. The third kappa shape index (κ3) is 7.58. The van der Waals surface area contributed by atoms with Crippen LogP contribution in [0.5, 0.6) is 0 Å². The fraction of sp³-hybridized carbons (Fsp3) is 0.286. The molecular formula is C28H31BrClN3O4S. The lowest BCUT2D eigenvalue weighted by Gasteiger charge is -2.32. The van der Waals surface area contributed by atoms with Gasteiger partial charge in [-0.1, -0.05) is 64.3 Å². The van der Waals surface area contributed by atoms with Gasteiger partial charge in [-0.05, 0) is 74.4 Å². The molecule has 0 saturated heterocycles. The van der Waals surface area contributed by atoms with E-state index in [1.807, 2.05) is 38.1 Å². The Morgan fingerprint density at radius 2 is 1.68 bits per heavy atom. The fourth-order valence-corrected chi connectivity index (χ4v) is 5.77. The number of rotatable bonds is 11. The summed E-state index contributed by atoms with van der Waals surface area (Å²) in [5.74, 6) is -0.820. The van der Waals surface area contributed by atoms with Gasteiger partial charge in [0.2, 0.25) is 11.8 Å². The number of halogens is 2. The van der Waals surface area contributed by atoms with E-state index in [9.17, 15) is 18.0 Å². The number of carbonyl (C=O) groups is 2. The first-order valence-corrected chi connectivity index (χ1v) is 14.8. The Balaban J connectivity index is 2.01. The van der Waals surface area contributed by atoms with E-state index in [0.29, 0.717) is 17.3 Å². The van der Waals surface area contributed by atoms with Crippen LogP contribution in [0.15, 0.2) is 82.2 Å². The van der Waals surface area contributed by atoms with Crippen molar-refractivity contribution in [1.82, 2.24) is 10.2 Å². The van der Waals surface area contributed by atoms with Crippen LogP contribution in [0.2, 0.25) is 5.02 Å². The molecule has 202 valence electrons. The molecule has 0 saturated carbocycles. The number of nitrogens with zero attached hydrogens (tertiary/aromatic N) is 2. The summed E-state index contributed by atoms with van der Waals surface area (Å²) in [5, 5.41) is 3.23. The quantitative estimate of drug-likeness (QED) is 0.305. The summed E-state index contributed by atoms with van der Waals surface area (Å²) in [6.45, 7) is 5.59. The van der Waals surface area contributed by atoms with Crippen LogP contribution >= 0.6 is 27.5 Å². The van der Waals surface area contributed by atoms with Gasteiger partial charge in [0.05, 0.1) is 10.6 Å². The molecule has 38 heavy (non-hydrogen) atoms. The lowest BCUT2D eigenvalue weighted by Crippen LogP contribution is -2.51. The second-order valence-corrected chi connectivity index (χ2v) is 12.1. The minimum Gasteiger partial charge on any atom is -0.354 e. The molecule has 0 aliphatic rings. The molecule has 0 fully saturated rings. The molecule has 1 atom stereocenters. The molecule has 0 heterocycles. The molecule has 0 aromatic heterocycles. The number of sulfonamides is 1. The number of hydrogen-bond donors (Lipinski definition) is 1. The normalized spacial score (nSPS) is 12.0. The average Bonchev–Trinajstić information content (AvgIpc) is 2.89. The molecule has 0 aliphatic heterocycles. The van der Waals surface area contributed by atoms with Crippen molar-refractivity contribution in [2.24, 2.45) is 0 Å². The molecule has 3 aromatic rings. The Kier molecular flexibility index (Phi) is 10.4. The molecule has 0 aliphatic carbocycles. The molecule has 3 aromatic carbocycles.